The van der Waals surface area contributed by atoms with Gasteiger partial charge in [0, 0.05) is 0 Å². The topological polar surface area (TPSA) is 57.2 Å². The first kappa shape index (κ1) is 15.3. The summed E-state index contributed by atoms with van der Waals surface area (Å²) in [7, 11) is -4.39. The van der Waals surface area contributed by atoms with Crippen LogP contribution >= 0.6 is 0 Å². The van der Waals surface area contributed by atoms with Crippen molar-refractivity contribution in [3.8, 4) is 0 Å². The normalized spacial score (nSPS) is 11.2. The van der Waals surface area contributed by atoms with E-state index in [2.05, 4.69) is 0 Å². The Bertz CT molecular complexity index is 663. The molecule has 0 radical (unpaired) electrons. The van der Waals surface area contributed by atoms with Gasteiger partial charge in [-0.25, -0.2) is 8.42 Å². The fraction of sp³-hybridized carbons (Fsp3) is 0.167. The maximum atomic E-state index is 11.1. The number of fused-ring (bicyclic) bond motifs is 1. The number of rotatable bonds is 1. The first-order valence-corrected chi connectivity index (χ1v) is 6.26. The van der Waals surface area contributed by atoms with Crippen molar-refractivity contribution in [2.45, 2.75) is 18.7 Å². The Labute approximate surface area is 143 Å². The van der Waals surface area contributed by atoms with E-state index < -0.39 is 10.1 Å². The molecule has 2 aromatic rings. The molecule has 0 aromatic heterocycles. The van der Waals surface area contributed by atoms with Gasteiger partial charge < -0.3 is 4.55 Å². The van der Waals surface area contributed by atoms with Gasteiger partial charge in [0.25, 0.3) is 0 Å². The fourth-order valence-corrected chi connectivity index (χ4v) is 2.56. The molecule has 0 bridgehead atoms. The number of benzene rings is 2. The van der Waals surface area contributed by atoms with Crippen molar-refractivity contribution < 1.29 is 64.4 Å². The van der Waals surface area contributed by atoms with E-state index in [1.54, 1.807) is 13.0 Å². The van der Waals surface area contributed by atoms with Crippen LogP contribution in [-0.2, 0) is 10.1 Å². The van der Waals surface area contributed by atoms with Crippen LogP contribution < -0.4 is 51.4 Å². The van der Waals surface area contributed by atoms with Crippen molar-refractivity contribution in [2.75, 3.05) is 0 Å². The van der Waals surface area contributed by atoms with Gasteiger partial charge in [-0.15, -0.1) is 0 Å². The first-order chi connectivity index (χ1) is 7.39. The monoisotopic (exact) mass is 274 g/mol. The molecule has 0 N–H and O–H groups in total. The molecule has 0 atom stereocenters. The van der Waals surface area contributed by atoms with Crippen LogP contribution in [0, 0.1) is 13.8 Å². The number of hydrogen-bond acceptors (Lipinski definition) is 3. The summed E-state index contributed by atoms with van der Waals surface area (Å²) in [6, 6.07) is 8.88. The van der Waals surface area contributed by atoms with E-state index in [0.717, 1.165) is 16.3 Å². The van der Waals surface area contributed by atoms with Crippen molar-refractivity contribution in [2.24, 2.45) is 0 Å². The third kappa shape index (κ3) is 3.17. The Morgan fingerprint density at radius 1 is 1.06 bits per heavy atom. The second kappa shape index (κ2) is 5.48. The van der Waals surface area contributed by atoms with Crippen LogP contribution in [-0.4, -0.2) is 13.0 Å². The van der Waals surface area contributed by atoms with Gasteiger partial charge in [0.1, 0.15) is 10.1 Å². The van der Waals surface area contributed by atoms with E-state index in [9.17, 15) is 13.0 Å². The molecule has 17 heavy (non-hydrogen) atoms. The van der Waals surface area contributed by atoms with Crippen molar-refractivity contribution >= 4 is 20.9 Å². The molecule has 84 valence electrons. The van der Waals surface area contributed by atoms with Crippen LogP contribution in [0.5, 0.6) is 0 Å². The maximum Gasteiger partial charge on any atom is 1.00 e. The SMILES string of the molecule is Cc1cc2cccc(C)c2cc1S(=O)(=O)[O-].[K+]. The zero-order valence-electron chi connectivity index (χ0n) is 10.0. The van der Waals surface area contributed by atoms with E-state index in [-0.39, 0.29) is 56.3 Å². The van der Waals surface area contributed by atoms with Gasteiger partial charge in [-0.2, -0.15) is 0 Å². The molecule has 0 aliphatic heterocycles. The second-order valence-electron chi connectivity index (χ2n) is 3.87. The average molecular weight is 274 g/mol. The summed E-state index contributed by atoms with van der Waals surface area (Å²) in [5, 5.41) is 1.76. The van der Waals surface area contributed by atoms with Crippen LogP contribution in [0.3, 0.4) is 0 Å². The van der Waals surface area contributed by atoms with Crippen molar-refractivity contribution in [1.29, 1.82) is 0 Å². The smallest absolute Gasteiger partial charge is 0.744 e. The number of hydrogen-bond donors (Lipinski definition) is 0. The molecule has 0 saturated heterocycles. The van der Waals surface area contributed by atoms with Crippen molar-refractivity contribution in [1.82, 2.24) is 0 Å². The Kier molecular flexibility index (Phi) is 4.94. The zero-order valence-corrected chi connectivity index (χ0v) is 14.0. The van der Waals surface area contributed by atoms with Gasteiger partial charge in [-0.3, -0.25) is 0 Å². The van der Waals surface area contributed by atoms with Crippen molar-refractivity contribution in [3.05, 3.63) is 41.5 Å². The minimum Gasteiger partial charge on any atom is -0.744 e. The molecule has 0 unspecified atom stereocenters. The van der Waals surface area contributed by atoms with Crippen LogP contribution in [0.15, 0.2) is 35.2 Å². The minimum absolute atomic E-state index is 0. The molecule has 2 aromatic carbocycles. The minimum atomic E-state index is -4.39. The zero-order chi connectivity index (χ0) is 11.9. The van der Waals surface area contributed by atoms with E-state index in [0.29, 0.717) is 5.56 Å². The van der Waals surface area contributed by atoms with Gasteiger partial charge in [0.05, 0.1) is 4.90 Å². The molecule has 0 aliphatic rings. The Hall–Kier alpha value is 0.246. The largest absolute Gasteiger partial charge is 1.00 e. The van der Waals surface area contributed by atoms with Crippen LogP contribution in [0.25, 0.3) is 10.8 Å². The molecular weight excluding hydrogens is 263 g/mol. The third-order valence-corrected chi connectivity index (χ3v) is 3.64. The summed E-state index contributed by atoms with van der Waals surface area (Å²) in [4.78, 5) is -0.130. The predicted octanol–water partition coefficient (Wildman–Crippen LogP) is -0.635. The quantitative estimate of drug-likeness (QED) is 0.514. The summed E-state index contributed by atoms with van der Waals surface area (Å²) >= 11 is 0. The molecule has 0 heterocycles. The van der Waals surface area contributed by atoms with Gasteiger partial charge in [0.2, 0.25) is 0 Å². The van der Waals surface area contributed by atoms with Crippen LogP contribution in [0.2, 0.25) is 0 Å². The standard InChI is InChI=1S/C12H12O3S.K/c1-8-4-3-5-10-6-9(2)12(7-11(8)10)16(13,14)15;/h3-7H,1-2H3,(H,13,14,15);/q;+1/p-1. The third-order valence-electron chi connectivity index (χ3n) is 2.66. The van der Waals surface area contributed by atoms with E-state index in [1.165, 1.54) is 6.07 Å². The average Bonchev–Trinajstić information content (AvgIpc) is 2.15. The molecule has 0 fully saturated rings. The van der Waals surface area contributed by atoms with E-state index >= 15 is 0 Å². The number of aryl methyl sites for hydroxylation is 2. The summed E-state index contributed by atoms with van der Waals surface area (Å²) in [5.41, 5.74) is 1.45. The van der Waals surface area contributed by atoms with Gasteiger partial charge in [-0.05, 0) is 41.8 Å². The molecule has 0 amide bonds. The van der Waals surface area contributed by atoms with Crippen molar-refractivity contribution in [3.63, 3.8) is 0 Å². The Morgan fingerprint density at radius 3 is 2.29 bits per heavy atom. The summed E-state index contributed by atoms with van der Waals surface area (Å²) in [5.74, 6) is 0. The summed E-state index contributed by atoms with van der Waals surface area (Å²) in [6.45, 7) is 3.52. The first-order valence-electron chi connectivity index (χ1n) is 4.85. The van der Waals surface area contributed by atoms with Crippen LogP contribution in [0.1, 0.15) is 11.1 Å². The summed E-state index contributed by atoms with van der Waals surface area (Å²) < 4.78 is 33.2. The van der Waals surface area contributed by atoms with Gasteiger partial charge in [0.15, 0.2) is 0 Å². The predicted molar refractivity (Wildman–Crippen MR) is 61.4 cm³/mol. The second-order valence-corrected chi connectivity index (χ2v) is 5.22. The molecule has 5 heteroatoms. The van der Waals surface area contributed by atoms with Gasteiger partial charge in [-0.1, -0.05) is 24.3 Å². The Balaban J connectivity index is 0.00000144. The van der Waals surface area contributed by atoms with Gasteiger partial charge >= 0.3 is 51.4 Å². The molecule has 0 aliphatic carbocycles. The Morgan fingerprint density at radius 2 is 1.71 bits per heavy atom. The molecule has 3 nitrogen and oxygen atoms in total. The molecule has 0 saturated carbocycles. The fourth-order valence-electron chi connectivity index (χ4n) is 1.85. The summed E-state index contributed by atoms with van der Waals surface area (Å²) in [6.07, 6.45) is 0. The maximum absolute atomic E-state index is 11.1. The van der Waals surface area contributed by atoms with E-state index in [4.69, 9.17) is 0 Å². The van der Waals surface area contributed by atoms with Crippen LogP contribution in [0.4, 0.5) is 0 Å². The molecule has 0 spiro atoms. The van der Waals surface area contributed by atoms with E-state index in [1.807, 2.05) is 25.1 Å². The molecule has 2 rings (SSSR count). The molecular formula is C12H11KO3S.